The molecule has 0 saturated carbocycles. The molecule has 1 N–H and O–H groups in total. The summed E-state index contributed by atoms with van der Waals surface area (Å²) in [5.41, 5.74) is 1.28. The first-order chi connectivity index (χ1) is 4.16. The van der Waals surface area contributed by atoms with Crippen LogP contribution in [0.4, 0.5) is 0 Å². The second kappa shape index (κ2) is 4.57. The van der Waals surface area contributed by atoms with Crippen molar-refractivity contribution in [2.75, 3.05) is 0 Å². The molecule has 0 radical (unpaired) electrons. The van der Waals surface area contributed by atoms with Crippen LogP contribution in [0.25, 0.3) is 0 Å². The van der Waals surface area contributed by atoms with E-state index in [4.69, 9.17) is 5.11 Å². The van der Waals surface area contributed by atoms with E-state index in [0.29, 0.717) is 0 Å². The summed E-state index contributed by atoms with van der Waals surface area (Å²) in [4.78, 5) is 0. The van der Waals surface area contributed by atoms with Crippen LogP contribution in [0, 0.1) is 0 Å². The molecule has 1 nitrogen and oxygen atoms in total. The molecule has 0 aromatic rings. The van der Waals surface area contributed by atoms with Crippen LogP contribution in [0.3, 0.4) is 0 Å². The van der Waals surface area contributed by atoms with Gasteiger partial charge in [-0.05, 0) is 26.7 Å². The Hall–Kier alpha value is -0.300. The lowest BCUT2D eigenvalue weighted by Gasteiger charge is -2.02. The highest BCUT2D eigenvalue weighted by Crippen LogP contribution is 2.04. The van der Waals surface area contributed by atoms with E-state index in [1.54, 1.807) is 0 Å². The number of aliphatic hydroxyl groups is 1. The van der Waals surface area contributed by atoms with Crippen molar-refractivity contribution in [2.24, 2.45) is 0 Å². The quantitative estimate of drug-likeness (QED) is 0.577. The number of rotatable bonds is 3. The monoisotopic (exact) mass is 128 g/mol. The van der Waals surface area contributed by atoms with E-state index in [2.05, 4.69) is 19.9 Å². The second-order valence-corrected chi connectivity index (χ2v) is 2.51. The van der Waals surface area contributed by atoms with Gasteiger partial charge in [0, 0.05) is 0 Å². The Kier molecular flexibility index (Phi) is 4.41. The molecular formula is C8H16O. The molecule has 0 fully saturated rings. The lowest BCUT2D eigenvalue weighted by atomic mass is 10.1. The summed E-state index contributed by atoms with van der Waals surface area (Å²) in [7, 11) is 0. The molecule has 0 aromatic carbocycles. The van der Waals surface area contributed by atoms with E-state index in [1.165, 1.54) is 5.57 Å². The predicted molar refractivity (Wildman–Crippen MR) is 40.3 cm³/mol. The maximum absolute atomic E-state index is 8.91. The fourth-order valence-corrected chi connectivity index (χ4v) is 0.898. The molecule has 1 atom stereocenters. The molecule has 0 aliphatic carbocycles. The first-order valence-corrected chi connectivity index (χ1v) is 3.50. The average Bonchev–Trinajstić information content (AvgIpc) is 1.63. The van der Waals surface area contributed by atoms with Crippen molar-refractivity contribution in [1.82, 2.24) is 0 Å². The Bertz CT molecular complexity index is 92.7. The summed E-state index contributed by atoms with van der Waals surface area (Å²) in [6.45, 7) is 5.97. The van der Waals surface area contributed by atoms with Gasteiger partial charge in [0.1, 0.15) is 0 Å². The molecule has 0 heterocycles. The molecule has 1 heteroatoms. The van der Waals surface area contributed by atoms with Gasteiger partial charge in [0.25, 0.3) is 0 Å². The smallest absolute Gasteiger partial charge is 0.0549 e. The van der Waals surface area contributed by atoms with E-state index in [-0.39, 0.29) is 6.10 Å². The van der Waals surface area contributed by atoms with Crippen LogP contribution < -0.4 is 0 Å². The van der Waals surface area contributed by atoms with E-state index in [9.17, 15) is 0 Å². The van der Waals surface area contributed by atoms with Crippen LogP contribution in [-0.4, -0.2) is 11.2 Å². The molecule has 0 rings (SSSR count). The van der Waals surface area contributed by atoms with Gasteiger partial charge in [0.05, 0.1) is 6.10 Å². The maximum Gasteiger partial charge on any atom is 0.0549 e. The second-order valence-electron chi connectivity index (χ2n) is 2.51. The summed E-state index contributed by atoms with van der Waals surface area (Å²) in [5.74, 6) is 0. The fourth-order valence-electron chi connectivity index (χ4n) is 0.898. The van der Waals surface area contributed by atoms with Crippen LogP contribution in [0.15, 0.2) is 11.6 Å². The molecule has 54 valence electrons. The van der Waals surface area contributed by atoms with Crippen molar-refractivity contribution >= 4 is 0 Å². The Balaban J connectivity index is 3.49. The molecule has 0 unspecified atom stereocenters. The van der Waals surface area contributed by atoms with E-state index in [0.717, 1.165) is 12.8 Å². The van der Waals surface area contributed by atoms with Crippen LogP contribution >= 0.6 is 0 Å². The van der Waals surface area contributed by atoms with Crippen LogP contribution in [0.1, 0.15) is 33.6 Å². The van der Waals surface area contributed by atoms with Crippen molar-refractivity contribution in [1.29, 1.82) is 0 Å². The zero-order valence-electron chi connectivity index (χ0n) is 6.52. The molecule has 0 saturated heterocycles. The van der Waals surface area contributed by atoms with Gasteiger partial charge >= 0.3 is 0 Å². The number of aliphatic hydroxyl groups excluding tert-OH is 1. The normalized spacial score (nSPS) is 15.8. The van der Waals surface area contributed by atoms with Crippen molar-refractivity contribution in [3.63, 3.8) is 0 Å². The van der Waals surface area contributed by atoms with Gasteiger partial charge in [0.2, 0.25) is 0 Å². The molecule has 0 aliphatic rings. The molecule has 0 amide bonds. The predicted octanol–water partition coefficient (Wildman–Crippen LogP) is 2.11. The number of allylic oxidation sites excluding steroid dienone is 1. The van der Waals surface area contributed by atoms with Crippen molar-refractivity contribution in [2.45, 2.75) is 39.7 Å². The molecule has 9 heavy (non-hydrogen) atoms. The Morgan fingerprint density at radius 1 is 1.67 bits per heavy atom. The van der Waals surface area contributed by atoms with E-state index >= 15 is 0 Å². The molecule has 0 spiro atoms. The Morgan fingerprint density at radius 3 is 2.56 bits per heavy atom. The molecule has 0 aliphatic heterocycles. The van der Waals surface area contributed by atoms with Gasteiger partial charge in [0.15, 0.2) is 0 Å². The van der Waals surface area contributed by atoms with Crippen LogP contribution in [0.5, 0.6) is 0 Å². The minimum atomic E-state index is -0.187. The SMILES string of the molecule is CC/C=C(/C)C[C@@H](C)O. The largest absolute Gasteiger partial charge is 0.393 e. The Morgan fingerprint density at radius 2 is 2.22 bits per heavy atom. The van der Waals surface area contributed by atoms with E-state index in [1.807, 2.05) is 6.92 Å². The summed E-state index contributed by atoms with van der Waals surface area (Å²) >= 11 is 0. The van der Waals surface area contributed by atoms with Gasteiger partial charge in [-0.3, -0.25) is 0 Å². The highest BCUT2D eigenvalue weighted by Gasteiger charge is 1.94. The van der Waals surface area contributed by atoms with E-state index < -0.39 is 0 Å². The molecular weight excluding hydrogens is 112 g/mol. The van der Waals surface area contributed by atoms with Gasteiger partial charge in [-0.1, -0.05) is 18.6 Å². The highest BCUT2D eigenvalue weighted by atomic mass is 16.3. The van der Waals surface area contributed by atoms with Crippen molar-refractivity contribution in [3.8, 4) is 0 Å². The fraction of sp³-hybridized carbons (Fsp3) is 0.750. The lowest BCUT2D eigenvalue weighted by Crippen LogP contribution is -1.98. The molecule has 0 bridgehead atoms. The third-order valence-corrected chi connectivity index (χ3v) is 1.17. The van der Waals surface area contributed by atoms with Gasteiger partial charge < -0.3 is 5.11 Å². The molecule has 0 aromatic heterocycles. The number of hydrogen-bond donors (Lipinski definition) is 1. The van der Waals surface area contributed by atoms with Gasteiger partial charge in [-0.2, -0.15) is 0 Å². The maximum atomic E-state index is 8.91. The summed E-state index contributed by atoms with van der Waals surface area (Å²) in [5, 5.41) is 8.91. The third-order valence-electron chi connectivity index (χ3n) is 1.17. The zero-order chi connectivity index (χ0) is 7.28. The standard InChI is InChI=1S/C8H16O/c1-4-5-7(2)6-8(3)9/h5,8-9H,4,6H2,1-3H3/b7-5-/t8-/m1/s1. The van der Waals surface area contributed by atoms with Crippen LogP contribution in [0.2, 0.25) is 0 Å². The average molecular weight is 128 g/mol. The minimum absolute atomic E-state index is 0.187. The first-order valence-electron chi connectivity index (χ1n) is 3.50. The van der Waals surface area contributed by atoms with Crippen LogP contribution in [-0.2, 0) is 0 Å². The lowest BCUT2D eigenvalue weighted by molar-refractivity contribution is 0.195. The summed E-state index contributed by atoms with van der Waals surface area (Å²) in [6.07, 6.45) is 3.84. The van der Waals surface area contributed by atoms with Crippen molar-refractivity contribution < 1.29 is 5.11 Å². The van der Waals surface area contributed by atoms with Gasteiger partial charge in [-0.15, -0.1) is 0 Å². The zero-order valence-corrected chi connectivity index (χ0v) is 6.52. The third kappa shape index (κ3) is 5.57. The van der Waals surface area contributed by atoms with Crippen molar-refractivity contribution in [3.05, 3.63) is 11.6 Å². The minimum Gasteiger partial charge on any atom is -0.393 e. The first kappa shape index (κ1) is 8.70. The number of hydrogen-bond acceptors (Lipinski definition) is 1. The highest BCUT2D eigenvalue weighted by molar-refractivity contribution is 4.98. The Labute approximate surface area is 57.4 Å². The summed E-state index contributed by atoms with van der Waals surface area (Å²) in [6, 6.07) is 0. The van der Waals surface area contributed by atoms with Gasteiger partial charge in [-0.25, -0.2) is 0 Å². The summed E-state index contributed by atoms with van der Waals surface area (Å²) < 4.78 is 0. The topological polar surface area (TPSA) is 20.2 Å².